The monoisotopic (exact) mass is 342 g/mol. The Morgan fingerprint density at radius 1 is 1.00 bits per heavy atom. The van der Waals surface area contributed by atoms with Crippen molar-refractivity contribution in [3.8, 4) is 0 Å². The highest BCUT2D eigenvalue weighted by molar-refractivity contribution is 5.97. The predicted molar refractivity (Wildman–Crippen MR) is 101 cm³/mol. The van der Waals surface area contributed by atoms with Crippen LogP contribution >= 0.6 is 0 Å². The van der Waals surface area contributed by atoms with Gasteiger partial charge in [-0.25, -0.2) is 4.98 Å². The molecule has 2 aromatic carbocycles. The second-order valence-corrected chi connectivity index (χ2v) is 6.17. The maximum Gasteiger partial charge on any atom is 0.253 e. The molecule has 0 unspecified atom stereocenters. The number of pyridine rings is 1. The van der Waals surface area contributed by atoms with Crippen molar-refractivity contribution >= 4 is 16.9 Å². The van der Waals surface area contributed by atoms with Gasteiger partial charge >= 0.3 is 0 Å². The highest BCUT2D eigenvalue weighted by atomic mass is 16.1. The summed E-state index contributed by atoms with van der Waals surface area (Å²) in [4.78, 5) is 17.2. The summed E-state index contributed by atoms with van der Waals surface area (Å²) in [6.07, 6.45) is 1.56. The minimum absolute atomic E-state index is 0.169. The molecule has 1 amide bonds. The highest BCUT2D eigenvalue weighted by Gasteiger charge is 2.18. The SMILES string of the molecule is Cc1[nH]nc2ncc(C(=O)NC(c3ccccc3)c3ccccc3)cc12. The number of fused-ring (bicyclic) bond motifs is 1. The van der Waals surface area contributed by atoms with Gasteiger partial charge in [-0.3, -0.25) is 9.89 Å². The quantitative estimate of drug-likeness (QED) is 0.593. The van der Waals surface area contributed by atoms with E-state index in [-0.39, 0.29) is 11.9 Å². The zero-order chi connectivity index (χ0) is 17.9. The molecule has 0 spiro atoms. The molecule has 0 fully saturated rings. The number of aryl methyl sites for hydroxylation is 1. The Morgan fingerprint density at radius 2 is 1.62 bits per heavy atom. The van der Waals surface area contributed by atoms with Gasteiger partial charge in [-0.2, -0.15) is 5.10 Å². The van der Waals surface area contributed by atoms with Crippen molar-refractivity contribution in [1.82, 2.24) is 20.5 Å². The topological polar surface area (TPSA) is 70.7 Å². The third-order valence-corrected chi connectivity index (χ3v) is 4.40. The predicted octanol–water partition coefficient (Wildman–Crippen LogP) is 3.79. The molecule has 0 aliphatic rings. The van der Waals surface area contributed by atoms with Crippen LogP contribution in [0.1, 0.15) is 33.2 Å². The summed E-state index contributed by atoms with van der Waals surface area (Å²) in [6, 6.07) is 21.5. The lowest BCUT2D eigenvalue weighted by Gasteiger charge is -2.20. The fraction of sp³-hybridized carbons (Fsp3) is 0.0952. The molecule has 0 saturated heterocycles. The molecule has 0 saturated carbocycles. The van der Waals surface area contributed by atoms with Gasteiger partial charge in [0.05, 0.1) is 11.6 Å². The molecule has 0 radical (unpaired) electrons. The van der Waals surface area contributed by atoms with E-state index in [1.807, 2.05) is 73.7 Å². The van der Waals surface area contributed by atoms with Crippen LogP contribution in [0, 0.1) is 6.92 Å². The zero-order valence-electron chi connectivity index (χ0n) is 14.3. The first-order valence-corrected chi connectivity index (χ1v) is 8.44. The number of nitrogens with zero attached hydrogens (tertiary/aromatic N) is 2. The molecular formula is C21H18N4O. The van der Waals surface area contributed by atoms with E-state index in [0.29, 0.717) is 11.2 Å². The zero-order valence-corrected chi connectivity index (χ0v) is 14.3. The molecule has 2 heterocycles. The average Bonchev–Trinajstić information content (AvgIpc) is 3.07. The van der Waals surface area contributed by atoms with Crippen LogP contribution in [0.15, 0.2) is 72.9 Å². The second kappa shape index (κ2) is 6.80. The normalized spacial score (nSPS) is 11.0. The maximum atomic E-state index is 12.9. The first kappa shape index (κ1) is 16.0. The lowest BCUT2D eigenvalue weighted by molar-refractivity contribution is 0.0943. The van der Waals surface area contributed by atoms with Crippen molar-refractivity contribution in [2.45, 2.75) is 13.0 Å². The number of nitrogens with one attached hydrogen (secondary N) is 2. The van der Waals surface area contributed by atoms with Crippen LogP contribution in [0.5, 0.6) is 0 Å². The first-order chi connectivity index (χ1) is 12.7. The molecule has 128 valence electrons. The van der Waals surface area contributed by atoms with E-state index >= 15 is 0 Å². The number of aromatic amines is 1. The lowest BCUT2D eigenvalue weighted by Crippen LogP contribution is -2.29. The Morgan fingerprint density at radius 3 is 2.23 bits per heavy atom. The van der Waals surface area contributed by atoms with Gasteiger partial charge in [-0.1, -0.05) is 60.7 Å². The molecule has 26 heavy (non-hydrogen) atoms. The summed E-state index contributed by atoms with van der Waals surface area (Å²) < 4.78 is 0. The highest BCUT2D eigenvalue weighted by Crippen LogP contribution is 2.23. The Balaban J connectivity index is 1.68. The number of carbonyl (C=O) groups is 1. The molecule has 0 atom stereocenters. The van der Waals surface area contributed by atoms with Crippen LogP contribution in [0.2, 0.25) is 0 Å². The largest absolute Gasteiger partial charge is 0.341 e. The Kier molecular flexibility index (Phi) is 4.19. The van der Waals surface area contributed by atoms with Gasteiger partial charge in [0, 0.05) is 17.3 Å². The Labute approximate surface area is 151 Å². The number of hydrogen-bond donors (Lipinski definition) is 2. The molecule has 0 aliphatic heterocycles. The summed E-state index contributed by atoms with van der Waals surface area (Å²) in [6.45, 7) is 1.91. The molecule has 4 aromatic rings. The van der Waals surface area contributed by atoms with Crippen LogP contribution < -0.4 is 5.32 Å². The molecule has 5 nitrogen and oxygen atoms in total. The van der Waals surface area contributed by atoms with Gasteiger partial charge in [0.2, 0.25) is 0 Å². The molecule has 2 aromatic heterocycles. The minimum atomic E-state index is -0.231. The van der Waals surface area contributed by atoms with Crippen molar-refractivity contribution in [2.24, 2.45) is 0 Å². The summed E-state index contributed by atoms with van der Waals surface area (Å²) >= 11 is 0. The van der Waals surface area contributed by atoms with E-state index in [1.54, 1.807) is 6.20 Å². The second-order valence-electron chi connectivity index (χ2n) is 6.17. The number of aromatic nitrogens is 3. The van der Waals surface area contributed by atoms with E-state index < -0.39 is 0 Å². The van der Waals surface area contributed by atoms with E-state index in [4.69, 9.17) is 0 Å². The van der Waals surface area contributed by atoms with Gasteiger partial charge in [0.1, 0.15) is 0 Å². The fourth-order valence-electron chi connectivity index (χ4n) is 3.01. The van der Waals surface area contributed by atoms with Crippen molar-refractivity contribution in [1.29, 1.82) is 0 Å². The van der Waals surface area contributed by atoms with Gasteiger partial charge < -0.3 is 5.32 Å². The molecule has 4 rings (SSSR count). The standard InChI is InChI=1S/C21H18N4O/c1-14-18-12-17(13-22-20(18)25-24-14)21(26)23-19(15-8-4-2-5-9-15)16-10-6-3-7-11-16/h2-13,19H,1H3,(H,23,26)(H,22,24,25). The fourth-order valence-corrected chi connectivity index (χ4v) is 3.01. The number of amides is 1. The third kappa shape index (κ3) is 3.07. The number of hydrogen-bond acceptors (Lipinski definition) is 3. The first-order valence-electron chi connectivity index (χ1n) is 8.44. The van der Waals surface area contributed by atoms with E-state index in [1.165, 1.54) is 0 Å². The Hall–Kier alpha value is -3.47. The Bertz CT molecular complexity index is 1000. The van der Waals surface area contributed by atoms with Gasteiger partial charge in [-0.15, -0.1) is 0 Å². The van der Waals surface area contributed by atoms with Crippen molar-refractivity contribution in [3.05, 3.63) is 95.3 Å². The van der Waals surface area contributed by atoms with E-state index in [0.717, 1.165) is 22.2 Å². The van der Waals surface area contributed by atoms with Crippen LogP contribution in [0.25, 0.3) is 11.0 Å². The minimum Gasteiger partial charge on any atom is -0.341 e. The summed E-state index contributed by atoms with van der Waals surface area (Å²) in [5, 5.41) is 11.0. The van der Waals surface area contributed by atoms with Crippen LogP contribution in [-0.2, 0) is 0 Å². The smallest absolute Gasteiger partial charge is 0.253 e. The van der Waals surface area contributed by atoms with Gasteiger partial charge in [-0.05, 0) is 24.1 Å². The third-order valence-electron chi connectivity index (χ3n) is 4.40. The number of carbonyl (C=O) groups excluding carboxylic acids is 1. The van der Waals surface area contributed by atoms with Crippen LogP contribution in [0.3, 0.4) is 0 Å². The molecule has 0 aliphatic carbocycles. The molecule has 5 heteroatoms. The van der Waals surface area contributed by atoms with Crippen molar-refractivity contribution in [3.63, 3.8) is 0 Å². The molecule has 0 bridgehead atoms. The number of benzene rings is 2. The van der Waals surface area contributed by atoms with Gasteiger partial charge in [0.15, 0.2) is 5.65 Å². The summed E-state index contributed by atoms with van der Waals surface area (Å²) in [7, 11) is 0. The molecular weight excluding hydrogens is 324 g/mol. The molecule has 2 N–H and O–H groups in total. The van der Waals surface area contributed by atoms with E-state index in [2.05, 4.69) is 20.5 Å². The summed E-state index contributed by atoms with van der Waals surface area (Å²) in [5.41, 5.74) is 4.08. The summed E-state index contributed by atoms with van der Waals surface area (Å²) in [5.74, 6) is -0.169. The van der Waals surface area contributed by atoms with Crippen LogP contribution in [0.4, 0.5) is 0 Å². The van der Waals surface area contributed by atoms with Gasteiger partial charge in [0.25, 0.3) is 5.91 Å². The lowest BCUT2D eigenvalue weighted by atomic mass is 9.98. The maximum absolute atomic E-state index is 12.9. The average molecular weight is 342 g/mol. The number of H-pyrrole nitrogens is 1. The number of rotatable bonds is 4. The van der Waals surface area contributed by atoms with Crippen LogP contribution in [-0.4, -0.2) is 21.1 Å². The van der Waals surface area contributed by atoms with Crippen molar-refractivity contribution in [2.75, 3.05) is 0 Å². The van der Waals surface area contributed by atoms with Crippen molar-refractivity contribution < 1.29 is 4.79 Å². The van der Waals surface area contributed by atoms with E-state index in [9.17, 15) is 4.79 Å².